The van der Waals surface area contributed by atoms with Crippen molar-refractivity contribution >= 4 is 17.7 Å². The Balaban J connectivity index is 2.36. The van der Waals surface area contributed by atoms with E-state index in [1.165, 1.54) is 0 Å². The Hall–Kier alpha value is -0.260. The number of ether oxygens (including phenoxy) is 2. The summed E-state index contributed by atoms with van der Waals surface area (Å²) in [7, 11) is 1.81. The second kappa shape index (κ2) is 7.36. The lowest BCUT2D eigenvalue weighted by Crippen LogP contribution is -2.49. The number of hydrogen-bond acceptors (Lipinski definition) is 5. The Bertz CT molecular complexity index is 275. The molecule has 0 aliphatic carbocycles. The average molecular weight is 275 g/mol. The van der Waals surface area contributed by atoms with Crippen molar-refractivity contribution in [3.05, 3.63) is 0 Å². The minimum Gasteiger partial charge on any atom is -0.465 e. The van der Waals surface area contributed by atoms with E-state index in [4.69, 9.17) is 9.47 Å². The molecular formula is C13H25NO3S. The second-order valence-corrected chi connectivity index (χ2v) is 6.17. The number of hydrogen-bond donors (Lipinski definition) is 1. The van der Waals surface area contributed by atoms with Crippen LogP contribution >= 0.6 is 11.8 Å². The Morgan fingerprint density at radius 2 is 2.33 bits per heavy atom. The number of thioether (sulfide) groups is 1. The molecule has 18 heavy (non-hydrogen) atoms. The van der Waals surface area contributed by atoms with E-state index < -0.39 is 5.54 Å². The summed E-state index contributed by atoms with van der Waals surface area (Å²) in [5, 5.41) is 3.64. The first-order chi connectivity index (χ1) is 8.53. The van der Waals surface area contributed by atoms with Gasteiger partial charge in [0.15, 0.2) is 0 Å². The van der Waals surface area contributed by atoms with Gasteiger partial charge in [-0.25, -0.2) is 0 Å². The third-order valence-corrected chi connectivity index (χ3v) is 5.01. The molecule has 0 aromatic carbocycles. The minimum absolute atomic E-state index is 0.163. The van der Waals surface area contributed by atoms with Crippen LogP contribution in [0.15, 0.2) is 0 Å². The summed E-state index contributed by atoms with van der Waals surface area (Å²) in [6.45, 7) is 7.14. The number of carbonyl (C=O) groups is 1. The average Bonchev–Trinajstić information content (AvgIpc) is 2.75. The molecule has 5 heteroatoms. The molecule has 0 saturated carbocycles. The van der Waals surface area contributed by atoms with Gasteiger partial charge in [-0.1, -0.05) is 0 Å². The van der Waals surface area contributed by atoms with Crippen molar-refractivity contribution in [2.45, 2.75) is 50.5 Å². The summed E-state index contributed by atoms with van der Waals surface area (Å²) in [6, 6.07) is 0. The number of esters is 1. The van der Waals surface area contributed by atoms with E-state index in [1.54, 1.807) is 0 Å². The van der Waals surface area contributed by atoms with Crippen LogP contribution in [0.1, 0.15) is 33.6 Å². The largest absolute Gasteiger partial charge is 0.465 e. The molecule has 3 atom stereocenters. The van der Waals surface area contributed by atoms with E-state index >= 15 is 0 Å². The fourth-order valence-corrected chi connectivity index (χ4v) is 3.41. The normalized spacial score (nSPS) is 26.9. The predicted molar refractivity (Wildman–Crippen MR) is 75.0 cm³/mol. The highest BCUT2D eigenvalue weighted by Crippen LogP contribution is 2.28. The maximum absolute atomic E-state index is 11.9. The summed E-state index contributed by atoms with van der Waals surface area (Å²) < 4.78 is 10.6. The van der Waals surface area contributed by atoms with Gasteiger partial charge in [0, 0.05) is 11.9 Å². The van der Waals surface area contributed by atoms with E-state index in [0.717, 1.165) is 25.2 Å². The van der Waals surface area contributed by atoms with Crippen molar-refractivity contribution in [3.63, 3.8) is 0 Å². The molecule has 1 saturated heterocycles. The van der Waals surface area contributed by atoms with Gasteiger partial charge < -0.3 is 14.8 Å². The first-order valence-corrected chi connectivity index (χ1v) is 7.67. The molecule has 0 radical (unpaired) electrons. The molecule has 1 rings (SSSR count). The third kappa shape index (κ3) is 4.14. The zero-order chi connectivity index (χ0) is 13.6. The number of nitrogens with one attached hydrogen (secondary N) is 1. The summed E-state index contributed by atoms with van der Waals surface area (Å²) in [6.07, 6.45) is 2.22. The standard InChI is InChI=1S/C13H25NO3S/c1-5-16-12(15)13(3,14-4)7-9-18-11-6-8-17-10(11)2/h10-11,14H,5-9H2,1-4H3. The topological polar surface area (TPSA) is 47.6 Å². The van der Waals surface area contributed by atoms with Gasteiger partial charge in [-0.2, -0.15) is 11.8 Å². The summed E-state index contributed by atoms with van der Waals surface area (Å²) >= 11 is 1.90. The molecule has 0 spiro atoms. The van der Waals surface area contributed by atoms with Gasteiger partial charge in [-0.05, 0) is 46.4 Å². The smallest absolute Gasteiger partial charge is 0.326 e. The van der Waals surface area contributed by atoms with Gasteiger partial charge in [0.25, 0.3) is 0 Å². The molecule has 0 amide bonds. The van der Waals surface area contributed by atoms with Crippen LogP contribution in [-0.4, -0.2) is 48.9 Å². The number of rotatable bonds is 7. The summed E-state index contributed by atoms with van der Waals surface area (Å²) in [5.74, 6) is 0.776. The lowest BCUT2D eigenvalue weighted by atomic mass is 10.00. The Labute approximate surface area is 114 Å². The van der Waals surface area contributed by atoms with Gasteiger partial charge in [0.05, 0.1) is 12.7 Å². The summed E-state index contributed by atoms with van der Waals surface area (Å²) in [5.41, 5.74) is -0.578. The Kier molecular flexibility index (Phi) is 6.46. The van der Waals surface area contributed by atoms with Crippen molar-refractivity contribution in [1.82, 2.24) is 5.32 Å². The highest BCUT2D eigenvalue weighted by molar-refractivity contribution is 7.99. The highest BCUT2D eigenvalue weighted by atomic mass is 32.2. The van der Waals surface area contributed by atoms with E-state index in [1.807, 2.05) is 32.7 Å². The molecule has 1 heterocycles. The molecule has 3 unspecified atom stereocenters. The first-order valence-electron chi connectivity index (χ1n) is 6.63. The van der Waals surface area contributed by atoms with Crippen LogP contribution in [0.2, 0.25) is 0 Å². The van der Waals surface area contributed by atoms with E-state index in [2.05, 4.69) is 12.2 Å². The summed E-state index contributed by atoms with van der Waals surface area (Å²) in [4.78, 5) is 11.9. The maximum Gasteiger partial charge on any atom is 0.326 e. The third-order valence-electron chi connectivity index (χ3n) is 3.52. The first kappa shape index (κ1) is 15.8. The molecule has 1 aliphatic rings. The predicted octanol–water partition coefficient (Wildman–Crippen LogP) is 1.83. The van der Waals surface area contributed by atoms with Crippen LogP contribution in [0.25, 0.3) is 0 Å². The lowest BCUT2D eigenvalue weighted by molar-refractivity contribution is -0.150. The van der Waals surface area contributed by atoms with Gasteiger partial charge >= 0.3 is 5.97 Å². The molecule has 1 aliphatic heterocycles. The molecular weight excluding hydrogens is 250 g/mol. The number of likely N-dealkylation sites (N-methyl/N-ethyl adjacent to an activating group) is 1. The number of carbonyl (C=O) groups excluding carboxylic acids is 1. The van der Waals surface area contributed by atoms with E-state index in [-0.39, 0.29) is 5.97 Å². The zero-order valence-electron chi connectivity index (χ0n) is 11.8. The molecule has 1 N–H and O–H groups in total. The van der Waals surface area contributed by atoms with Gasteiger partial charge in [0.1, 0.15) is 5.54 Å². The van der Waals surface area contributed by atoms with Crippen LogP contribution in [0, 0.1) is 0 Å². The minimum atomic E-state index is -0.578. The lowest BCUT2D eigenvalue weighted by Gasteiger charge is -2.27. The molecule has 0 aromatic rings. The molecule has 0 aromatic heterocycles. The SMILES string of the molecule is CCOC(=O)C(C)(CCSC1CCOC1C)NC. The maximum atomic E-state index is 11.9. The quantitative estimate of drug-likeness (QED) is 0.718. The molecule has 1 fully saturated rings. The Morgan fingerprint density at radius 3 is 2.83 bits per heavy atom. The Morgan fingerprint density at radius 1 is 1.61 bits per heavy atom. The van der Waals surface area contributed by atoms with Crippen LogP contribution in [-0.2, 0) is 14.3 Å². The van der Waals surface area contributed by atoms with Crippen LogP contribution in [0.5, 0.6) is 0 Å². The van der Waals surface area contributed by atoms with Crippen molar-refractivity contribution in [3.8, 4) is 0 Å². The van der Waals surface area contributed by atoms with Crippen molar-refractivity contribution < 1.29 is 14.3 Å². The van der Waals surface area contributed by atoms with Crippen molar-refractivity contribution in [2.75, 3.05) is 26.0 Å². The van der Waals surface area contributed by atoms with Gasteiger partial charge in [0.2, 0.25) is 0 Å². The van der Waals surface area contributed by atoms with Crippen LogP contribution in [0.3, 0.4) is 0 Å². The fraction of sp³-hybridized carbons (Fsp3) is 0.923. The van der Waals surface area contributed by atoms with E-state index in [0.29, 0.717) is 18.0 Å². The molecule has 4 nitrogen and oxygen atoms in total. The fourth-order valence-electron chi connectivity index (χ4n) is 1.96. The van der Waals surface area contributed by atoms with Crippen LogP contribution < -0.4 is 5.32 Å². The van der Waals surface area contributed by atoms with Crippen LogP contribution in [0.4, 0.5) is 0 Å². The second-order valence-electron chi connectivity index (χ2n) is 4.83. The highest BCUT2D eigenvalue weighted by Gasteiger charge is 2.33. The molecule has 106 valence electrons. The van der Waals surface area contributed by atoms with Crippen molar-refractivity contribution in [1.29, 1.82) is 0 Å². The monoisotopic (exact) mass is 275 g/mol. The van der Waals surface area contributed by atoms with Crippen molar-refractivity contribution in [2.24, 2.45) is 0 Å². The van der Waals surface area contributed by atoms with Gasteiger partial charge in [-0.3, -0.25) is 4.79 Å². The van der Waals surface area contributed by atoms with Gasteiger partial charge in [-0.15, -0.1) is 0 Å². The zero-order valence-corrected chi connectivity index (χ0v) is 12.6. The molecule has 0 bridgehead atoms. The van der Waals surface area contributed by atoms with E-state index in [9.17, 15) is 4.79 Å².